The lowest BCUT2D eigenvalue weighted by Gasteiger charge is -2.18. The van der Waals surface area contributed by atoms with Gasteiger partial charge in [-0.15, -0.1) is 0 Å². The maximum Gasteiger partial charge on any atom is 0.417 e. The van der Waals surface area contributed by atoms with Gasteiger partial charge in [-0.2, -0.15) is 18.3 Å². The van der Waals surface area contributed by atoms with E-state index in [1.54, 1.807) is 19.1 Å². The molecule has 31 heavy (non-hydrogen) atoms. The lowest BCUT2D eigenvalue weighted by atomic mass is 10.0. The van der Waals surface area contributed by atoms with Crippen molar-refractivity contribution in [3.05, 3.63) is 77.2 Å². The SMILES string of the molecule is COC1=CC=C(NC(=O)c2c(C)nc3ccc(-c4ccccc4C(F)(F)F)nn23)NN1. The molecule has 0 fully saturated rings. The van der Waals surface area contributed by atoms with Crippen LogP contribution < -0.4 is 16.2 Å². The molecule has 8 nitrogen and oxygen atoms in total. The van der Waals surface area contributed by atoms with E-state index in [2.05, 4.69) is 26.3 Å². The molecule has 1 amide bonds. The minimum absolute atomic E-state index is 0.0659. The molecule has 1 aromatic carbocycles. The van der Waals surface area contributed by atoms with Crippen molar-refractivity contribution in [3.8, 4) is 11.3 Å². The van der Waals surface area contributed by atoms with Gasteiger partial charge in [0.1, 0.15) is 5.82 Å². The molecule has 2 aromatic heterocycles. The van der Waals surface area contributed by atoms with Crippen molar-refractivity contribution >= 4 is 11.6 Å². The summed E-state index contributed by atoms with van der Waals surface area (Å²) in [5, 5.41) is 6.95. The number of carbonyl (C=O) groups excluding carboxylic acids is 1. The average Bonchev–Trinajstić information content (AvgIpc) is 3.08. The first-order valence-electron chi connectivity index (χ1n) is 9.10. The van der Waals surface area contributed by atoms with Gasteiger partial charge in [-0.1, -0.05) is 18.2 Å². The number of nitrogens with one attached hydrogen (secondary N) is 3. The molecule has 1 aliphatic rings. The first-order chi connectivity index (χ1) is 14.8. The Morgan fingerprint density at radius 1 is 1.13 bits per heavy atom. The molecule has 3 aromatic rings. The predicted molar refractivity (Wildman–Crippen MR) is 105 cm³/mol. The van der Waals surface area contributed by atoms with Crippen LogP contribution in [0.15, 0.2) is 60.3 Å². The fraction of sp³-hybridized carbons (Fsp3) is 0.150. The highest BCUT2D eigenvalue weighted by molar-refractivity contribution is 5.95. The van der Waals surface area contributed by atoms with Crippen LogP contribution in [0.25, 0.3) is 16.9 Å². The second kappa shape index (κ2) is 7.67. The van der Waals surface area contributed by atoms with Gasteiger partial charge in [-0.25, -0.2) is 9.50 Å². The smallest absolute Gasteiger partial charge is 0.417 e. The molecule has 3 heterocycles. The number of benzene rings is 1. The van der Waals surface area contributed by atoms with E-state index in [1.165, 1.54) is 42.0 Å². The molecule has 0 radical (unpaired) electrons. The van der Waals surface area contributed by atoms with Gasteiger partial charge in [-0.3, -0.25) is 15.6 Å². The number of ether oxygens (including phenoxy) is 1. The molecule has 0 atom stereocenters. The summed E-state index contributed by atoms with van der Waals surface area (Å²) in [6.07, 6.45) is -1.35. The Morgan fingerprint density at radius 3 is 2.58 bits per heavy atom. The second-order valence-corrected chi connectivity index (χ2v) is 6.60. The number of halogens is 3. The number of aromatic nitrogens is 3. The third-order valence-electron chi connectivity index (χ3n) is 4.57. The minimum atomic E-state index is -4.54. The Bertz CT molecular complexity index is 1230. The van der Waals surface area contributed by atoms with E-state index in [0.29, 0.717) is 23.0 Å². The number of rotatable bonds is 4. The lowest BCUT2D eigenvalue weighted by Crippen LogP contribution is -2.41. The number of hydrogen-bond acceptors (Lipinski definition) is 6. The summed E-state index contributed by atoms with van der Waals surface area (Å²) in [4.78, 5) is 17.2. The van der Waals surface area contributed by atoms with Gasteiger partial charge in [0, 0.05) is 11.6 Å². The molecule has 0 aliphatic carbocycles. The number of carbonyl (C=O) groups is 1. The quantitative estimate of drug-likeness (QED) is 0.590. The van der Waals surface area contributed by atoms with Crippen molar-refractivity contribution in [1.29, 1.82) is 0 Å². The van der Waals surface area contributed by atoms with Gasteiger partial charge in [-0.05, 0) is 31.2 Å². The number of methoxy groups -OCH3 is 1. The van der Waals surface area contributed by atoms with Gasteiger partial charge in [0.15, 0.2) is 11.3 Å². The molecule has 0 spiro atoms. The fourth-order valence-electron chi connectivity index (χ4n) is 3.15. The Morgan fingerprint density at radius 2 is 1.90 bits per heavy atom. The number of aryl methyl sites for hydroxylation is 1. The van der Waals surface area contributed by atoms with Crippen molar-refractivity contribution in [2.24, 2.45) is 0 Å². The number of nitrogens with zero attached hydrogens (tertiary/aromatic N) is 3. The van der Waals surface area contributed by atoms with E-state index in [1.807, 2.05) is 0 Å². The number of allylic oxidation sites excluding steroid dienone is 2. The summed E-state index contributed by atoms with van der Waals surface area (Å²) in [5.74, 6) is 0.269. The Kier molecular flexibility index (Phi) is 5.01. The molecule has 1 aliphatic heterocycles. The van der Waals surface area contributed by atoms with Gasteiger partial charge >= 0.3 is 6.18 Å². The van der Waals surface area contributed by atoms with Gasteiger partial charge in [0.05, 0.1) is 24.1 Å². The molecule has 3 N–H and O–H groups in total. The molecule has 0 bridgehead atoms. The minimum Gasteiger partial charge on any atom is -0.481 e. The highest BCUT2D eigenvalue weighted by Crippen LogP contribution is 2.36. The van der Waals surface area contributed by atoms with Crippen molar-refractivity contribution in [2.75, 3.05) is 7.11 Å². The van der Waals surface area contributed by atoms with Crippen LogP contribution in [-0.2, 0) is 10.9 Å². The summed E-state index contributed by atoms with van der Waals surface area (Å²) in [7, 11) is 1.49. The van der Waals surface area contributed by atoms with Crippen molar-refractivity contribution < 1.29 is 22.7 Å². The third kappa shape index (κ3) is 3.89. The Balaban J connectivity index is 1.74. The largest absolute Gasteiger partial charge is 0.481 e. The summed E-state index contributed by atoms with van der Waals surface area (Å²) in [6, 6.07) is 8.10. The third-order valence-corrected chi connectivity index (χ3v) is 4.57. The van der Waals surface area contributed by atoms with Crippen molar-refractivity contribution in [3.63, 3.8) is 0 Å². The fourth-order valence-corrected chi connectivity index (χ4v) is 3.15. The summed E-state index contributed by atoms with van der Waals surface area (Å²) < 4.78 is 46.5. The number of amides is 1. The van der Waals surface area contributed by atoms with Gasteiger partial charge < -0.3 is 10.1 Å². The van der Waals surface area contributed by atoms with Crippen LogP contribution in [-0.4, -0.2) is 27.6 Å². The van der Waals surface area contributed by atoms with Crippen molar-refractivity contribution in [1.82, 2.24) is 30.8 Å². The first-order valence-corrected chi connectivity index (χ1v) is 9.10. The first kappa shape index (κ1) is 20.3. The van der Waals surface area contributed by atoms with E-state index < -0.39 is 17.6 Å². The maximum absolute atomic E-state index is 13.4. The zero-order valence-corrected chi connectivity index (χ0v) is 16.4. The molecule has 4 rings (SSSR count). The number of imidazole rings is 1. The molecular formula is C20H17F3N6O2. The van der Waals surface area contributed by atoms with E-state index in [4.69, 9.17) is 4.74 Å². The molecule has 0 saturated carbocycles. The van der Waals surface area contributed by atoms with Crippen molar-refractivity contribution in [2.45, 2.75) is 13.1 Å². The lowest BCUT2D eigenvalue weighted by molar-refractivity contribution is -0.137. The normalized spacial score (nSPS) is 13.7. The highest BCUT2D eigenvalue weighted by Gasteiger charge is 2.34. The number of hydrogen-bond donors (Lipinski definition) is 3. The summed E-state index contributed by atoms with van der Waals surface area (Å²) >= 11 is 0. The van der Waals surface area contributed by atoms with Crippen LogP contribution in [0.4, 0.5) is 13.2 Å². The van der Waals surface area contributed by atoms with E-state index >= 15 is 0 Å². The second-order valence-electron chi connectivity index (χ2n) is 6.60. The van der Waals surface area contributed by atoms with Gasteiger partial charge in [0.2, 0.25) is 5.88 Å². The number of hydrazine groups is 1. The number of fused-ring (bicyclic) bond motifs is 1. The van der Waals surface area contributed by atoms with Crippen LogP contribution >= 0.6 is 0 Å². The number of alkyl halides is 3. The molecule has 11 heteroatoms. The zero-order valence-electron chi connectivity index (χ0n) is 16.4. The van der Waals surface area contributed by atoms with E-state index in [-0.39, 0.29) is 17.0 Å². The Labute approximate surface area is 174 Å². The van der Waals surface area contributed by atoms with Gasteiger partial charge in [0.25, 0.3) is 5.91 Å². The van der Waals surface area contributed by atoms with Crippen LogP contribution in [0.1, 0.15) is 21.7 Å². The van der Waals surface area contributed by atoms with Crippen LogP contribution in [0.5, 0.6) is 0 Å². The standard InChI is InChI=1S/C20H17F3N6O2/c1-11-18(19(30)25-15-8-10-17(31-2)27-26-15)29-16(24-11)9-7-14(28-29)12-5-3-4-6-13(12)20(21,22)23/h3-10,26-27H,1-2H3,(H,25,30). The van der Waals surface area contributed by atoms with E-state index in [9.17, 15) is 18.0 Å². The summed E-state index contributed by atoms with van der Waals surface area (Å²) in [5.41, 5.74) is 5.47. The van der Waals surface area contributed by atoms with Crippen LogP contribution in [0, 0.1) is 6.92 Å². The zero-order chi connectivity index (χ0) is 22.2. The highest BCUT2D eigenvalue weighted by atomic mass is 19.4. The van der Waals surface area contributed by atoms with E-state index in [0.717, 1.165) is 6.07 Å². The van der Waals surface area contributed by atoms with Crippen LogP contribution in [0.2, 0.25) is 0 Å². The maximum atomic E-state index is 13.4. The van der Waals surface area contributed by atoms with Crippen LogP contribution in [0.3, 0.4) is 0 Å². The topological polar surface area (TPSA) is 92.6 Å². The molecule has 0 unspecified atom stereocenters. The average molecular weight is 430 g/mol. The molecular weight excluding hydrogens is 413 g/mol. The monoisotopic (exact) mass is 430 g/mol. The Hall–Kier alpha value is -4.02. The summed E-state index contributed by atoms with van der Waals surface area (Å²) in [6.45, 7) is 1.62. The molecule has 0 saturated heterocycles. The molecule has 160 valence electrons. The predicted octanol–water partition coefficient (Wildman–Crippen LogP) is 2.89.